The van der Waals surface area contributed by atoms with Crippen LogP contribution in [0, 0.1) is 0 Å². The molecule has 2 aromatic rings. The molecule has 22 heavy (non-hydrogen) atoms. The van der Waals surface area contributed by atoms with Crippen LogP contribution in [0.4, 0.5) is 5.82 Å². The van der Waals surface area contributed by atoms with Crippen molar-refractivity contribution in [3.8, 4) is 11.3 Å². The number of fused-ring (bicyclic) bond motifs is 1. The molecule has 0 aliphatic heterocycles. The standard InChI is InChI=1S/C16H20N4O2/c1-2-22-12-3-4-14-13(10-12)16(20-19-14)11-5-6-17-15(9-11)18-7-8-21/h4-6,9-10,12,19,21H,2-3,7-8H2,1H3,(H,17,18). The van der Waals surface area contributed by atoms with Crippen LogP contribution in [0.3, 0.4) is 0 Å². The van der Waals surface area contributed by atoms with Gasteiger partial charge in [0.05, 0.1) is 23.8 Å². The number of H-pyrrole nitrogens is 1. The Hall–Kier alpha value is -2.18. The van der Waals surface area contributed by atoms with E-state index in [-0.39, 0.29) is 12.7 Å². The number of ether oxygens (including phenoxy) is 1. The zero-order chi connectivity index (χ0) is 15.4. The summed E-state index contributed by atoms with van der Waals surface area (Å²) in [6.07, 6.45) is 6.95. The first-order valence-corrected chi connectivity index (χ1v) is 7.51. The van der Waals surface area contributed by atoms with Crippen LogP contribution in [0.2, 0.25) is 0 Å². The molecule has 1 unspecified atom stereocenters. The number of rotatable bonds is 6. The van der Waals surface area contributed by atoms with Gasteiger partial charge in [0.2, 0.25) is 0 Å². The molecule has 2 aromatic heterocycles. The van der Waals surface area contributed by atoms with Gasteiger partial charge in [0, 0.05) is 30.1 Å². The fourth-order valence-electron chi connectivity index (χ4n) is 2.59. The van der Waals surface area contributed by atoms with Gasteiger partial charge in [0.15, 0.2) is 0 Å². The molecule has 0 amide bonds. The number of aromatic nitrogens is 3. The van der Waals surface area contributed by atoms with E-state index in [0.717, 1.165) is 34.1 Å². The van der Waals surface area contributed by atoms with E-state index in [1.807, 2.05) is 19.1 Å². The van der Waals surface area contributed by atoms with Crippen LogP contribution in [0.25, 0.3) is 23.4 Å². The number of aliphatic hydroxyl groups excluding tert-OH is 1. The van der Waals surface area contributed by atoms with E-state index in [0.29, 0.717) is 13.2 Å². The summed E-state index contributed by atoms with van der Waals surface area (Å²) < 4.78 is 5.70. The van der Waals surface area contributed by atoms with Crippen LogP contribution in [0.15, 0.2) is 18.3 Å². The van der Waals surface area contributed by atoms with Gasteiger partial charge < -0.3 is 15.2 Å². The lowest BCUT2D eigenvalue weighted by molar-refractivity contribution is 0.110. The number of nitrogens with one attached hydrogen (secondary N) is 2. The Morgan fingerprint density at radius 1 is 1.50 bits per heavy atom. The van der Waals surface area contributed by atoms with Crippen LogP contribution in [-0.4, -0.2) is 46.2 Å². The molecular weight excluding hydrogens is 280 g/mol. The van der Waals surface area contributed by atoms with Crippen LogP contribution < -0.4 is 15.9 Å². The molecular formula is C16H20N4O2. The molecule has 116 valence electrons. The van der Waals surface area contributed by atoms with Crippen molar-refractivity contribution in [1.29, 1.82) is 0 Å². The summed E-state index contributed by atoms with van der Waals surface area (Å²) in [5, 5.41) is 21.6. The maximum absolute atomic E-state index is 8.89. The van der Waals surface area contributed by atoms with Crippen molar-refractivity contribution in [2.75, 3.05) is 25.1 Å². The number of nitrogens with zero attached hydrogens (tertiary/aromatic N) is 2. The third kappa shape index (κ3) is 3.03. The monoisotopic (exact) mass is 300 g/mol. The van der Waals surface area contributed by atoms with Crippen molar-refractivity contribution < 1.29 is 9.84 Å². The van der Waals surface area contributed by atoms with E-state index >= 15 is 0 Å². The molecule has 6 nitrogen and oxygen atoms in total. The minimum atomic E-state index is 0.0719. The summed E-state index contributed by atoms with van der Waals surface area (Å²) in [6, 6.07) is 3.86. The third-order valence-corrected chi connectivity index (χ3v) is 3.57. The fraction of sp³-hybridized carbons (Fsp3) is 0.375. The molecule has 1 aliphatic rings. The smallest absolute Gasteiger partial charge is 0.126 e. The van der Waals surface area contributed by atoms with Gasteiger partial charge in [-0.2, -0.15) is 5.10 Å². The van der Waals surface area contributed by atoms with Crippen molar-refractivity contribution >= 4 is 18.0 Å². The molecule has 0 bridgehead atoms. The van der Waals surface area contributed by atoms with Crippen molar-refractivity contribution in [3.63, 3.8) is 0 Å². The highest BCUT2D eigenvalue weighted by atomic mass is 16.5. The number of hydrogen-bond donors (Lipinski definition) is 3. The number of aliphatic hydroxyl groups is 1. The second kappa shape index (κ2) is 6.72. The second-order valence-electron chi connectivity index (χ2n) is 5.08. The Balaban J connectivity index is 1.97. The molecule has 0 spiro atoms. The predicted octanol–water partition coefficient (Wildman–Crippen LogP) is 0.246. The largest absolute Gasteiger partial charge is 0.395 e. The van der Waals surface area contributed by atoms with Gasteiger partial charge in [-0.15, -0.1) is 0 Å². The molecule has 1 aliphatic carbocycles. The summed E-state index contributed by atoms with van der Waals surface area (Å²) in [7, 11) is 0. The number of pyridine rings is 1. The van der Waals surface area contributed by atoms with Gasteiger partial charge in [-0.05, 0) is 31.6 Å². The quantitative estimate of drug-likeness (QED) is 0.712. The normalized spacial score (nSPS) is 16.5. The van der Waals surface area contributed by atoms with E-state index in [1.165, 1.54) is 0 Å². The van der Waals surface area contributed by atoms with Crippen LogP contribution >= 0.6 is 0 Å². The maximum Gasteiger partial charge on any atom is 0.126 e. The average molecular weight is 300 g/mol. The summed E-state index contributed by atoms with van der Waals surface area (Å²) in [6.45, 7) is 3.24. The van der Waals surface area contributed by atoms with Crippen molar-refractivity contribution in [2.24, 2.45) is 0 Å². The zero-order valence-electron chi connectivity index (χ0n) is 12.5. The first-order valence-electron chi connectivity index (χ1n) is 7.51. The van der Waals surface area contributed by atoms with Gasteiger partial charge in [0.25, 0.3) is 0 Å². The van der Waals surface area contributed by atoms with Gasteiger partial charge >= 0.3 is 0 Å². The van der Waals surface area contributed by atoms with Gasteiger partial charge in [-0.1, -0.05) is 6.08 Å². The minimum absolute atomic E-state index is 0.0719. The van der Waals surface area contributed by atoms with Crippen LogP contribution in [-0.2, 0) is 4.74 Å². The van der Waals surface area contributed by atoms with Crippen LogP contribution in [0.1, 0.15) is 13.3 Å². The average Bonchev–Trinajstić information content (AvgIpc) is 2.97. The molecule has 3 N–H and O–H groups in total. The van der Waals surface area contributed by atoms with E-state index in [1.54, 1.807) is 6.20 Å². The Morgan fingerprint density at radius 3 is 3.23 bits per heavy atom. The van der Waals surface area contributed by atoms with Crippen molar-refractivity contribution in [1.82, 2.24) is 15.2 Å². The van der Waals surface area contributed by atoms with Crippen molar-refractivity contribution in [3.05, 3.63) is 28.9 Å². The second-order valence-corrected chi connectivity index (χ2v) is 5.08. The summed E-state index contributed by atoms with van der Waals surface area (Å²) in [5.74, 6) is 0.726. The Labute approximate surface area is 128 Å². The van der Waals surface area contributed by atoms with E-state index < -0.39 is 0 Å². The molecule has 0 saturated heterocycles. The van der Waals surface area contributed by atoms with E-state index in [2.05, 4.69) is 32.7 Å². The fourth-order valence-corrected chi connectivity index (χ4v) is 2.59. The molecule has 0 radical (unpaired) electrons. The molecule has 0 aromatic carbocycles. The summed E-state index contributed by atoms with van der Waals surface area (Å²) >= 11 is 0. The topological polar surface area (TPSA) is 83.1 Å². The highest BCUT2D eigenvalue weighted by molar-refractivity contribution is 5.65. The zero-order valence-corrected chi connectivity index (χ0v) is 12.5. The number of anilines is 1. The van der Waals surface area contributed by atoms with Crippen molar-refractivity contribution in [2.45, 2.75) is 19.4 Å². The van der Waals surface area contributed by atoms with E-state index in [4.69, 9.17) is 9.84 Å². The van der Waals surface area contributed by atoms with Gasteiger partial charge in [-0.3, -0.25) is 5.10 Å². The van der Waals surface area contributed by atoms with Gasteiger partial charge in [0.1, 0.15) is 5.82 Å². The lowest BCUT2D eigenvalue weighted by Crippen LogP contribution is -2.31. The highest BCUT2D eigenvalue weighted by Crippen LogP contribution is 2.16. The molecule has 0 fully saturated rings. The first kappa shape index (κ1) is 14.7. The lowest BCUT2D eigenvalue weighted by Gasteiger charge is -2.12. The summed E-state index contributed by atoms with van der Waals surface area (Å²) in [4.78, 5) is 4.24. The Bertz CT molecular complexity index is 754. The summed E-state index contributed by atoms with van der Waals surface area (Å²) in [5.41, 5.74) is 1.87. The molecule has 6 heteroatoms. The Kier molecular flexibility index (Phi) is 4.50. The molecule has 3 rings (SSSR count). The lowest BCUT2D eigenvalue weighted by atomic mass is 10.1. The molecule has 1 atom stereocenters. The third-order valence-electron chi connectivity index (χ3n) is 3.57. The minimum Gasteiger partial charge on any atom is -0.395 e. The van der Waals surface area contributed by atoms with Crippen LogP contribution in [0.5, 0.6) is 0 Å². The predicted molar refractivity (Wildman–Crippen MR) is 85.6 cm³/mol. The maximum atomic E-state index is 8.89. The van der Waals surface area contributed by atoms with Gasteiger partial charge in [-0.25, -0.2) is 4.98 Å². The number of hydrogen-bond acceptors (Lipinski definition) is 5. The van der Waals surface area contributed by atoms with E-state index in [9.17, 15) is 0 Å². The molecule has 2 heterocycles. The highest BCUT2D eigenvalue weighted by Gasteiger charge is 2.13. The first-order chi connectivity index (χ1) is 10.8. The SMILES string of the molecule is CCOC1C=c2c(-c3ccnc(NCCO)c3)n[nH]c2=CC1. The molecule has 0 saturated carbocycles. The Morgan fingerprint density at radius 2 is 2.41 bits per heavy atom. The number of aromatic amines is 1.